The molecule has 0 aromatic heterocycles. The minimum absolute atomic E-state index is 0.379. The molecule has 0 radical (unpaired) electrons. The van der Waals surface area contributed by atoms with Crippen LogP contribution in [-0.4, -0.2) is 31.0 Å². The average Bonchev–Trinajstić information content (AvgIpc) is 2.78. The molecule has 1 aliphatic carbocycles. The lowest BCUT2D eigenvalue weighted by Gasteiger charge is -2.18. The van der Waals surface area contributed by atoms with Crippen LogP contribution in [0.5, 0.6) is 0 Å². The zero-order valence-electron chi connectivity index (χ0n) is 12.9. The van der Waals surface area contributed by atoms with Crippen molar-refractivity contribution in [1.82, 2.24) is 5.32 Å². The van der Waals surface area contributed by atoms with Gasteiger partial charge >= 0.3 is 0 Å². The summed E-state index contributed by atoms with van der Waals surface area (Å²) in [6, 6.07) is 7.05. The topological polar surface area (TPSA) is 41.5 Å². The van der Waals surface area contributed by atoms with Crippen molar-refractivity contribution in [2.24, 2.45) is 5.92 Å². The number of nitrogens with one attached hydrogen (secondary N) is 1. The Morgan fingerprint density at radius 3 is 2.90 bits per heavy atom. The van der Waals surface area contributed by atoms with Crippen LogP contribution in [0.2, 0.25) is 0 Å². The summed E-state index contributed by atoms with van der Waals surface area (Å²) in [5.74, 6) is 0.514. The maximum Gasteiger partial charge on any atom is 0.0897 e. The van der Waals surface area contributed by atoms with Crippen LogP contribution < -0.4 is 5.32 Å². The van der Waals surface area contributed by atoms with Gasteiger partial charge in [-0.25, -0.2) is 0 Å². The van der Waals surface area contributed by atoms with Crippen molar-refractivity contribution in [2.45, 2.75) is 45.8 Å². The molecule has 0 fully saturated rings. The van der Waals surface area contributed by atoms with Gasteiger partial charge in [0, 0.05) is 19.2 Å². The minimum atomic E-state index is -0.428. The SMILES string of the molecule is Cc1ccc2c(c1)C(NCC(O)COCC(C)C)CC2. The second kappa shape index (κ2) is 7.21. The third-order valence-corrected chi connectivity index (χ3v) is 3.74. The molecule has 1 aromatic carbocycles. The molecule has 3 nitrogen and oxygen atoms in total. The number of fused-ring (bicyclic) bond motifs is 1. The molecule has 1 aliphatic rings. The molecular weight excluding hydrogens is 250 g/mol. The number of aliphatic hydroxyl groups is 1. The summed E-state index contributed by atoms with van der Waals surface area (Å²) in [4.78, 5) is 0. The van der Waals surface area contributed by atoms with Crippen LogP contribution in [0.15, 0.2) is 18.2 Å². The maximum atomic E-state index is 9.94. The van der Waals surface area contributed by atoms with Crippen molar-refractivity contribution in [1.29, 1.82) is 0 Å². The van der Waals surface area contributed by atoms with Gasteiger partial charge in [-0.15, -0.1) is 0 Å². The normalized spacial score (nSPS) is 19.4. The van der Waals surface area contributed by atoms with Crippen LogP contribution in [0.4, 0.5) is 0 Å². The van der Waals surface area contributed by atoms with E-state index < -0.39 is 6.10 Å². The first-order valence-electron chi connectivity index (χ1n) is 7.65. The van der Waals surface area contributed by atoms with Crippen molar-refractivity contribution in [3.05, 3.63) is 34.9 Å². The first-order chi connectivity index (χ1) is 9.56. The Kier molecular flexibility index (Phi) is 5.58. The summed E-state index contributed by atoms with van der Waals surface area (Å²) in [6.07, 6.45) is 1.83. The van der Waals surface area contributed by atoms with Crippen LogP contribution in [0.25, 0.3) is 0 Å². The average molecular weight is 277 g/mol. The third-order valence-electron chi connectivity index (χ3n) is 3.74. The monoisotopic (exact) mass is 277 g/mol. The zero-order valence-corrected chi connectivity index (χ0v) is 12.9. The molecule has 0 bridgehead atoms. The third kappa shape index (κ3) is 4.30. The fourth-order valence-electron chi connectivity index (χ4n) is 2.71. The van der Waals surface area contributed by atoms with E-state index in [1.165, 1.54) is 16.7 Å². The molecule has 0 aliphatic heterocycles. The second-order valence-electron chi connectivity index (χ2n) is 6.29. The van der Waals surface area contributed by atoms with Gasteiger partial charge in [0.1, 0.15) is 0 Å². The lowest BCUT2D eigenvalue weighted by Crippen LogP contribution is -2.32. The maximum absolute atomic E-state index is 9.94. The van der Waals surface area contributed by atoms with Crippen molar-refractivity contribution in [2.75, 3.05) is 19.8 Å². The predicted octanol–water partition coefficient (Wildman–Crippen LogP) is 2.61. The van der Waals surface area contributed by atoms with E-state index in [1.54, 1.807) is 0 Å². The van der Waals surface area contributed by atoms with Crippen LogP contribution in [0, 0.1) is 12.8 Å². The Balaban J connectivity index is 1.77. The Bertz CT molecular complexity index is 431. The molecule has 1 aromatic rings. The van der Waals surface area contributed by atoms with Gasteiger partial charge in [0.2, 0.25) is 0 Å². The van der Waals surface area contributed by atoms with Crippen molar-refractivity contribution in [3.63, 3.8) is 0 Å². The molecule has 20 heavy (non-hydrogen) atoms. The van der Waals surface area contributed by atoms with Crippen LogP contribution >= 0.6 is 0 Å². The molecular formula is C17H27NO2. The van der Waals surface area contributed by atoms with Gasteiger partial charge in [-0.2, -0.15) is 0 Å². The Morgan fingerprint density at radius 2 is 2.15 bits per heavy atom. The second-order valence-corrected chi connectivity index (χ2v) is 6.29. The van der Waals surface area contributed by atoms with Crippen molar-refractivity contribution < 1.29 is 9.84 Å². The Hall–Kier alpha value is -0.900. The molecule has 0 heterocycles. The number of ether oxygens (including phenoxy) is 1. The molecule has 0 spiro atoms. The van der Waals surface area contributed by atoms with E-state index in [4.69, 9.17) is 4.74 Å². The molecule has 0 saturated heterocycles. The van der Waals surface area contributed by atoms with E-state index in [2.05, 4.69) is 44.3 Å². The quantitative estimate of drug-likeness (QED) is 0.805. The van der Waals surface area contributed by atoms with Crippen LogP contribution in [0.1, 0.15) is 43.0 Å². The van der Waals surface area contributed by atoms with Gasteiger partial charge in [0.25, 0.3) is 0 Å². The first kappa shape index (κ1) is 15.5. The smallest absolute Gasteiger partial charge is 0.0897 e. The summed E-state index contributed by atoms with van der Waals surface area (Å²) >= 11 is 0. The molecule has 0 saturated carbocycles. The van der Waals surface area contributed by atoms with E-state index in [0.29, 0.717) is 31.7 Å². The highest BCUT2D eigenvalue weighted by Gasteiger charge is 2.22. The molecule has 112 valence electrons. The molecule has 2 N–H and O–H groups in total. The van der Waals surface area contributed by atoms with Gasteiger partial charge in [-0.3, -0.25) is 0 Å². The predicted molar refractivity (Wildman–Crippen MR) is 81.9 cm³/mol. The van der Waals surface area contributed by atoms with E-state index in [0.717, 1.165) is 12.8 Å². The highest BCUT2D eigenvalue weighted by Crippen LogP contribution is 2.31. The molecule has 2 atom stereocenters. The Morgan fingerprint density at radius 1 is 1.35 bits per heavy atom. The number of hydrogen-bond acceptors (Lipinski definition) is 3. The summed E-state index contributed by atoms with van der Waals surface area (Å²) < 4.78 is 5.47. The summed E-state index contributed by atoms with van der Waals surface area (Å²) in [5, 5.41) is 13.4. The molecule has 2 unspecified atom stereocenters. The first-order valence-corrected chi connectivity index (χ1v) is 7.65. The molecule has 3 heteroatoms. The zero-order chi connectivity index (χ0) is 14.5. The number of benzene rings is 1. The van der Waals surface area contributed by atoms with E-state index in [9.17, 15) is 5.11 Å². The number of aliphatic hydroxyl groups excluding tert-OH is 1. The fraction of sp³-hybridized carbons (Fsp3) is 0.647. The number of rotatable bonds is 7. The summed E-state index contributed by atoms with van der Waals surface area (Å²) in [5.41, 5.74) is 4.15. The summed E-state index contributed by atoms with van der Waals surface area (Å²) in [7, 11) is 0. The highest BCUT2D eigenvalue weighted by atomic mass is 16.5. The summed E-state index contributed by atoms with van der Waals surface area (Å²) in [6.45, 7) is 8.08. The molecule has 2 rings (SSSR count). The van der Waals surface area contributed by atoms with Crippen molar-refractivity contribution in [3.8, 4) is 0 Å². The van der Waals surface area contributed by atoms with Gasteiger partial charge in [-0.1, -0.05) is 37.6 Å². The van der Waals surface area contributed by atoms with Crippen LogP contribution in [0.3, 0.4) is 0 Å². The Labute approximate surface area is 122 Å². The van der Waals surface area contributed by atoms with Gasteiger partial charge in [0.15, 0.2) is 0 Å². The van der Waals surface area contributed by atoms with Gasteiger partial charge < -0.3 is 15.2 Å². The standard InChI is InChI=1S/C17H27NO2/c1-12(2)10-20-11-15(19)9-18-17-7-6-14-5-4-13(3)8-16(14)17/h4-5,8,12,15,17-19H,6-7,9-11H2,1-3H3. The van der Waals surface area contributed by atoms with E-state index in [1.807, 2.05) is 0 Å². The highest BCUT2D eigenvalue weighted by molar-refractivity contribution is 5.37. The largest absolute Gasteiger partial charge is 0.389 e. The van der Waals surface area contributed by atoms with E-state index in [-0.39, 0.29) is 0 Å². The van der Waals surface area contributed by atoms with Crippen LogP contribution in [-0.2, 0) is 11.2 Å². The van der Waals surface area contributed by atoms with E-state index >= 15 is 0 Å². The minimum Gasteiger partial charge on any atom is -0.389 e. The lowest BCUT2D eigenvalue weighted by atomic mass is 10.0. The number of hydrogen-bond donors (Lipinski definition) is 2. The molecule has 0 amide bonds. The fourth-order valence-corrected chi connectivity index (χ4v) is 2.71. The lowest BCUT2D eigenvalue weighted by molar-refractivity contribution is 0.0250. The number of aryl methyl sites for hydroxylation is 2. The van der Waals surface area contributed by atoms with Gasteiger partial charge in [0.05, 0.1) is 12.7 Å². The van der Waals surface area contributed by atoms with Gasteiger partial charge in [-0.05, 0) is 36.8 Å². The van der Waals surface area contributed by atoms with Crippen molar-refractivity contribution >= 4 is 0 Å².